The fraction of sp³-hybridized carbons (Fsp3) is 0.429. The number of rotatable bonds is 7. The van der Waals surface area contributed by atoms with Gasteiger partial charge in [0.1, 0.15) is 5.75 Å². The molecule has 2 fully saturated rings. The minimum Gasteiger partial charge on any atom is -0.427 e. The van der Waals surface area contributed by atoms with Gasteiger partial charge in [-0.1, -0.05) is 36.4 Å². The van der Waals surface area contributed by atoms with E-state index in [0.29, 0.717) is 11.3 Å². The van der Waals surface area contributed by atoms with Crippen molar-refractivity contribution in [2.45, 2.75) is 49.7 Å². The molecule has 1 aliphatic carbocycles. The summed E-state index contributed by atoms with van der Waals surface area (Å²) in [4.78, 5) is 27.0. The van der Waals surface area contributed by atoms with Crippen molar-refractivity contribution in [3.8, 4) is 5.75 Å². The molecule has 1 N–H and O–H groups in total. The molecule has 0 bridgehead atoms. The van der Waals surface area contributed by atoms with Gasteiger partial charge in [0.05, 0.1) is 5.60 Å². The summed E-state index contributed by atoms with van der Waals surface area (Å²) in [6.07, 6.45) is 5.21. The highest BCUT2D eigenvalue weighted by molar-refractivity contribution is 5.94. The van der Waals surface area contributed by atoms with Crippen LogP contribution in [0.1, 0.15) is 48.5 Å². The predicted molar refractivity (Wildman–Crippen MR) is 132 cm³/mol. The Morgan fingerprint density at radius 2 is 1.97 bits per heavy atom. The summed E-state index contributed by atoms with van der Waals surface area (Å²) >= 11 is 0. The van der Waals surface area contributed by atoms with Gasteiger partial charge in [-0.3, -0.25) is 14.5 Å². The molecule has 4 rings (SSSR count). The van der Waals surface area contributed by atoms with Crippen LogP contribution in [0.25, 0.3) is 0 Å². The number of ether oxygens (including phenoxy) is 2. The van der Waals surface area contributed by atoms with E-state index in [0.717, 1.165) is 50.9 Å². The monoisotopic (exact) mass is 462 g/mol. The van der Waals surface area contributed by atoms with Gasteiger partial charge in [0.25, 0.3) is 5.91 Å². The molecule has 0 spiro atoms. The maximum Gasteiger partial charge on any atom is 0.308 e. The Balaban J connectivity index is 1.69. The highest BCUT2D eigenvalue weighted by Gasteiger charge is 2.58. The third-order valence-electron chi connectivity index (χ3n) is 7.49. The summed E-state index contributed by atoms with van der Waals surface area (Å²) in [5.74, 6) is 0.141. The second kappa shape index (κ2) is 10.1. The third kappa shape index (κ3) is 4.65. The number of fused-ring (bicyclic) bond motifs is 1. The van der Waals surface area contributed by atoms with Gasteiger partial charge >= 0.3 is 5.97 Å². The van der Waals surface area contributed by atoms with Crippen LogP contribution in [0.3, 0.4) is 0 Å². The lowest BCUT2D eigenvalue weighted by Crippen LogP contribution is -2.67. The lowest BCUT2D eigenvalue weighted by Gasteiger charge is -2.59. The van der Waals surface area contributed by atoms with Crippen molar-refractivity contribution in [3.63, 3.8) is 0 Å². The molecule has 34 heavy (non-hydrogen) atoms. The van der Waals surface area contributed by atoms with Gasteiger partial charge in [0.15, 0.2) is 0 Å². The summed E-state index contributed by atoms with van der Waals surface area (Å²) in [5, 5.41) is 3.28. The molecule has 0 unspecified atom stereocenters. The van der Waals surface area contributed by atoms with Crippen LogP contribution < -0.4 is 10.1 Å². The number of esters is 1. The molecule has 1 aliphatic heterocycles. The Labute approximate surface area is 201 Å². The summed E-state index contributed by atoms with van der Waals surface area (Å²) in [6.45, 7) is 7.82. The fourth-order valence-corrected chi connectivity index (χ4v) is 5.94. The number of likely N-dealkylation sites (tertiary alicyclic amines) is 1. The van der Waals surface area contributed by atoms with Crippen molar-refractivity contribution in [2.24, 2.45) is 0 Å². The smallest absolute Gasteiger partial charge is 0.308 e. The Morgan fingerprint density at radius 3 is 2.68 bits per heavy atom. The summed E-state index contributed by atoms with van der Waals surface area (Å²) in [6, 6.07) is 17.2. The first-order chi connectivity index (χ1) is 16.4. The molecule has 1 saturated heterocycles. The number of benzene rings is 2. The van der Waals surface area contributed by atoms with Gasteiger partial charge in [-0.25, -0.2) is 0 Å². The number of amides is 1. The van der Waals surface area contributed by atoms with Crippen molar-refractivity contribution >= 4 is 11.9 Å². The van der Waals surface area contributed by atoms with Gasteiger partial charge in [0.2, 0.25) is 0 Å². The first kappa shape index (κ1) is 24.2. The topological polar surface area (TPSA) is 67.9 Å². The van der Waals surface area contributed by atoms with Gasteiger partial charge in [-0.2, -0.15) is 0 Å². The number of piperidine rings is 1. The maximum absolute atomic E-state index is 13.0. The average Bonchev–Trinajstić information content (AvgIpc) is 2.84. The number of nitrogens with zero attached hydrogens (tertiary/aromatic N) is 1. The van der Waals surface area contributed by atoms with Crippen LogP contribution in [-0.2, 0) is 14.9 Å². The van der Waals surface area contributed by atoms with E-state index in [4.69, 9.17) is 9.47 Å². The second-order valence-corrected chi connectivity index (χ2v) is 9.45. The van der Waals surface area contributed by atoms with E-state index in [1.165, 1.54) is 6.92 Å². The van der Waals surface area contributed by atoms with Crippen molar-refractivity contribution in [2.75, 3.05) is 26.7 Å². The zero-order chi connectivity index (χ0) is 24.2. The van der Waals surface area contributed by atoms with Gasteiger partial charge in [-0.15, -0.1) is 6.58 Å². The fourth-order valence-electron chi connectivity index (χ4n) is 5.94. The van der Waals surface area contributed by atoms with Gasteiger partial charge in [-0.05, 0) is 62.1 Å². The van der Waals surface area contributed by atoms with Gasteiger partial charge < -0.3 is 14.8 Å². The Bertz CT molecular complexity index is 1040. The van der Waals surface area contributed by atoms with E-state index in [1.54, 1.807) is 13.2 Å². The van der Waals surface area contributed by atoms with Crippen LogP contribution in [0.15, 0.2) is 67.3 Å². The molecule has 2 aromatic carbocycles. The molecule has 0 radical (unpaired) electrons. The molecule has 6 nitrogen and oxygen atoms in total. The van der Waals surface area contributed by atoms with Gasteiger partial charge in [0, 0.05) is 44.1 Å². The van der Waals surface area contributed by atoms with Crippen molar-refractivity contribution in [1.29, 1.82) is 0 Å². The Hall–Kier alpha value is -2.96. The van der Waals surface area contributed by atoms with Crippen molar-refractivity contribution < 1.29 is 19.1 Å². The molecule has 6 heteroatoms. The SMILES string of the molecule is C=CCN1CC[C@@]2(c3cccc(OC(C)=O)c3)C[C@H](NC(=O)c3ccccc3)CC[C@]2(OC)C1. The summed E-state index contributed by atoms with van der Waals surface area (Å²) < 4.78 is 11.8. The maximum atomic E-state index is 13.0. The number of nitrogens with one attached hydrogen (secondary N) is 1. The quantitative estimate of drug-likeness (QED) is 0.381. The number of hydrogen-bond acceptors (Lipinski definition) is 5. The van der Waals surface area contributed by atoms with Crippen molar-refractivity contribution in [1.82, 2.24) is 10.2 Å². The lowest BCUT2D eigenvalue weighted by molar-refractivity contribution is -0.146. The highest BCUT2D eigenvalue weighted by atomic mass is 16.5. The Morgan fingerprint density at radius 1 is 1.18 bits per heavy atom. The molecule has 2 aliphatic rings. The minimum atomic E-state index is -0.420. The number of methoxy groups -OCH3 is 1. The first-order valence-corrected chi connectivity index (χ1v) is 11.9. The lowest BCUT2D eigenvalue weighted by atomic mass is 9.55. The number of carbonyl (C=O) groups excluding carboxylic acids is 2. The summed E-state index contributed by atoms with van der Waals surface area (Å²) in [7, 11) is 1.80. The molecule has 3 atom stereocenters. The third-order valence-corrected chi connectivity index (χ3v) is 7.49. The van der Waals surface area contributed by atoms with Crippen LogP contribution >= 0.6 is 0 Å². The first-order valence-electron chi connectivity index (χ1n) is 11.9. The largest absolute Gasteiger partial charge is 0.427 e. The van der Waals surface area contributed by atoms with E-state index in [1.807, 2.05) is 48.5 Å². The van der Waals surface area contributed by atoms with E-state index in [2.05, 4.69) is 22.9 Å². The van der Waals surface area contributed by atoms with Crippen LogP contribution in [0.4, 0.5) is 0 Å². The molecular weight excluding hydrogens is 428 g/mol. The highest BCUT2D eigenvalue weighted by Crippen LogP contribution is 2.53. The predicted octanol–water partition coefficient (Wildman–Crippen LogP) is 4.11. The number of carbonyl (C=O) groups is 2. The molecule has 2 aromatic rings. The van der Waals surface area contributed by atoms with Crippen LogP contribution in [0, 0.1) is 0 Å². The summed E-state index contributed by atoms with van der Waals surface area (Å²) in [5.41, 5.74) is 1.00. The minimum absolute atomic E-state index is 0.0133. The van der Waals surface area contributed by atoms with E-state index >= 15 is 0 Å². The van der Waals surface area contributed by atoms with Crippen LogP contribution in [0.2, 0.25) is 0 Å². The average molecular weight is 463 g/mol. The second-order valence-electron chi connectivity index (χ2n) is 9.45. The van der Waals surface area contributed by atoms with E-state index in [9.17, 15) is 9.59 Å². The molecular formula is C28H34N2O4. The number of hydrogen-bond donors (Lipinski definition) is 1. The van der Waals surface area contributed by atoms with Crippen LogP contribution in [0.5, 0.6) is 5.75 Å². The zero-order valence-electron chi connectivity index (χ0n) is 20.1. The zero-order valence-corrected chi connectivity index (χ0v) is 20.1. The van der Waals surface area contributed by atoms with E-state index < -0.39 is 5.60 Å². The molecule has 1 saturated carbocycles. The normalized spacial score (nSPS) is 26.8. The Kier molecular flexibility index (Phi) is 7.19. The standard InChI is InChI=1S/C28H34N2O4/c1-4-16-30-17-15-27(23-11-8-12-25(18-23)34-21(2)31)19-24(13-14-28(27,20-30)33-3)29-26(32)22-9-6-5-7-10-22/h4-12,18,24H,1,13-17,19-20H2,2-3H3,(H,29,32)/t24-,27+,28+/m1/s1. The molecule has 1 heterocycles. The van der Waals surface area contributed by atoms with Crippen LogP contribution in [-0.4, -0.2) is 55.2 Å². The molecule has 0 aromatic heterocycles. The molecule has 1 amide bonds. The van der Waals surface area contributed by atoms with E-state index in [-0.39, 0.29) is 23.3 Å². The van der Waals surface area contributed by atoms with Crippen molar-refractivity contribution in [3.05, 3.63) is 78.4 Å². The molecule has 180 valence electrons.